The van der Waals surface area contributed by atoms with Gasteiger partial charge in [0, 0.05) is 10.2 Å². The zero-order valence-electron chi connectivity index (χ0n) is 11.2. The number of nitrogens with one attached hydrogen (secondary N) is 2. The molecule has 2 N–H and O–H groups in total. The summed E-state index contributed by atoms with van der Waals surface area (Å²) in [5, 5.41) is 6.60. The van der Waals surface area contributed by atoms with E-state index in [2.05, 4.69) is 31.3 Å². The van der Waals surface area contributed by atoms with E-state index < -0.39 is 6.61 Å². The summed E-state index contributed by atoms with van der Waals surface area (Å²) in [4.78, 5) is 0. The minimum Gasteiger partial charge on any atom is -0.433 e. The van der Waals surface area contributed by atoms with Crippen molar-refractivity contribution in [2.45, 2.75) is 6.61 Å². The fourth-order valence-electron chi connectivity index (χ4n) is 1.65. The quantitative estimate of drug-likeness (QED) is 0.556. The molecule has 0 saturated carbocycles. The predicted molar refractivity (Wildman–Crippen MR) is 97.1 cm³/mol. The molecule has 2 rings (SSSR count). The summed E-state index contributed by atoms with van der Waals surface area (Å²) in [6.07, 6.45) is 0. The van der Waals surface area contributed by atoms with Gasteiger partial charge < -0.3 is 15.4 Å². The molecule has 0 heterocycles. The summed E-state index contributed by atoms with van der Waals surface area (Å²) in [6, 6.07) is 9.56. The lowest BCUT2D eigenvalue weighted by molar-refractivity contribution is -0.0497. The van der Waals surface area contributed by atoms with Gasteiger partial charge in [-0.1, -0.05) is 39.1 Å². The van der Waals surface area contributed by atoms with Crippen LogP contribution in [0.15, 0.2) is 40.9 Å². The van der Waals surface area contributed by atoms with Crippen molar-refractivity contribution < 1.29 is 13.5 Å². The number of thiocarbonyl (C=S) groups is 1. The number of benzene rings is 2. The van der Waals surface area contributed by atoms with Crippen LogP contribution >= 0.6 is 51.3 Å². The first-order valence-electron chi connectivity index (χ1n) is 6.12. The van der Waals surface area contributed by atoms with Crippen molar-refractivity contribution in [2.24, 2.45) is 0 Å². The normalized spacial score (nSPS) is 10.5. The summed E-state index contributed by atoms with van der Waals surface area (Å²) in [5.74, 6) is -0.109. The third-order valence-corrected chi connectivity index (χ3v) is 3.89. The Balaban J connectivity index is 2.04. The first kappa shape index (κ1) is 18.2. The van der Waals surface area contributed by atoms with E-state index in [1.165, 1.54) is 18.2 Å². The van der Waals surface area contributed by atoms with Gasteiger partial charge in [0.15, 0.2) is 5.11 Å². The minimum absolute atomic E-state index is 0.0415. The van der Waals surface area contributed by atoms with Crippen LogP contribution in [0.2, 0.25) is 10.0 Å². The Bertz CT molecular complexity index is 734. The Labute approximate surface area is 155 Å². The molecule has 0 radical (unpaired) electrons. The van der Waals surface area contributed by atoms with E-state index in [1.807, 2.05) is 6.07 Å². The molecular weight excluding hydrogens is 433 g/mol. The molecule has 2 aromatic rings. The number of hydrogen-bond acceptors (Lipinski definition) is 2. The van der Waals surface area contributed by atoms with E-state index in [9.17, 15) is 8.78 Å². The Morgan fingerprint density at radius 2 is 1.83 bits per heavy atom. The Morgan fingerprint density at radius 3 is 2.43 bits per heavy atom. The number of hydrogen-bond donors (Lipinski definition) is 2. The summed E-state index contributed by atoms with van der Waals surface area (Å²) in [5.41, 5.74) is 1.14. The highest BCUT2D eigenvalue weighted by atomic mass is 79.9. The van der Waals surface area contributed by atoms with E-state index in [0.717, 1.165) is 4.47 Å². The summed E-state index contributed by atoms with van der Waals surface area (Å²) < 4.78 is 29.5. The summed E-state index contributed by atoms with van der Waals surface area (Å²) >= 11 is 20.4. The van der Waals surface area contributed by atoms with Crippen LogP contribution in [0.4, 0.5) is 20.2 Å². The molecule has 0 fully saturated rings. The van der Waals surface area contributed by atoms with Gasteiger partial charge in [0.2, 0.25) is 0 Å². The second-order valence-corrected chi connectivity index (χ2v) is 6.37. The third kappa shape index (κ3) is 5.46. The molecule has 23 heavy (non-hydrogen) atoms. The minimum atomic E-state index is -2.94. The van der Waals surface area contributed by atoms with Crippen molar-refractivity contribution in [2.75, 3.05) is 10.6 Å². The van der Waals surface area contributed by atoms with Crippen molar-refractivity contribution in [3.8, 4) is 5.75 Å². The summed E-state index contributed by atoms with van der Waals surface area (Å²) in [7, 11) is 0. The van der Waals surface area contributed by atoms with Crippen LogP contribution in [0.3, 0.4) is 0 Å². The first-order chi connectivity index (χ1) is 10.8. The Morgan fingerprint density at radius 1 is 1.09 bits per heavy atom. The van der Waals surface area contributed by atoms with E-state index in [0.29, 0.717) is 16.4 Å². The number of ether oxygens (including phenoxy) is 1. The SMILES string of the molecule is FC(F)Oc1ccc(NC(=S)Nc2ccc(Br)cc2Cl)cc1Cl. The molecule has 3 nitrogen and oxygen atoms in total. The molecule has 0 aliphatic carbocycles. The zero-order valence-corrected chi connectivity index (χ0v) is 15.2. The van der Waals surface area contributed by atoms with Crippen LogP contribution in [0.5, 0.6) is 5.75 Å². The molecule has 0 spiro atoms. The maximum absolute atomic E-state index is 12.2. The van der Waals surface area contributed by atoms with Gasteiger partial charge in [-0.25, -0.2) is 0 Å². The molecule has 0 aromatic heterocycles. The standard InChI is InChI=1S/C14H9BrCl2F2N2OS/c15-7-1-3-11(9(16)5-7)21-14(23)20-8-2-4-12(10(17)6-8)22-13(18)19/h1-6,13H,(H2,20,21,23). The van der Waals surface area contributed by atoms with Gasteiger partial charge in [-0.05, 0) is 48.6 Å². The van der Waals surface area contributed by atoms with Gasteiger partial charge in [0.1, 0.15) is 5.75 Å². The molecule has 122 valence electrons. The second kappa shape index (κ2) is 8.10. The van der Waals surface area contributed by atoms with E-state index in [1.54, 1.807) is 12.1 Å². The number of anilines is 2. The maximum atomic E-state index is 12.2. The first-order valence-corrected chi connectivity index (χ1v) is 8.08. The monoisotopic (exact) mass is 440 g/mol. The van der Waals surface area contributed by atoms with Crippen LogP contribution in [0, 0.1) is 0 Å². The van der Waals surface area contributed by atoms with Crippen LogP contribution in [-0.2, 0) is 0 Å². The maximum Gasteiger partial charge on any atom is 0.387 e. The molecule has 0 unspecified atom stereocenters. The fraction of sp³-hybridized carbons (Fsp3) is 0.0714. The average Bonchev–Trinajstić information content (AvgIpc) is 2.44. The molecule has 9 heteroatoms. The van der Waals surface area contributed by atoms with Crippen LogP contribution in [0.1, 0.15) is 0 Å². The van der Waals surface area contributed by atoms with Crippen LogP contribution < -0.4 is 15.4 Å². The highest BCUT2D eigenvalue weighted by Crippen LogP contribution is 2.29. The van der Waals surface area contributed by atoms with Crippen molar-refractivity contribution in [3.05, 3.63) is 50.9 Å². The molecule has 0 aliphatic heterocycles. The highest BCUT2D eigenvalue weighted by molar-refractivity contribution is 9.10. The predicted octanol–water partition coefficient (Wildman–Crippen LogP) is 6.17. The van der Waals surface area contributed by atoms with Gasteiger partial charge in [-0.2, -0.15) is 8.78 Å². The van der Waals surface area contributed by atoms with Gasteiger partial charge in [0.25, 0.3) is 0 Å². The van der Waals surface area contributed by atoms with Gasteiger partial charge >= 0.3 is 6.61 Å². The molecule has 2 aromatic carbocycles. The van der Waals surface area contributed by atoms with E-state index in [-0.39, 0.29) is 15.9 Å². The van der Waals surface area contributed by atoms with Gasteiger partial charge in [-0.3, -0.25) is 0 Å². The molecule has 0 aliphatic rings. The Hall–Kier alpha value is -1.15. The van der Waals surface area contributed by atoms with Crippen molar-refractivity contribution >= 4 is 67.8 Å². The molecule has 0 bridgehead atoms. The third-order valence-electron chi connectivity index (χ3n) is 2.59. The van der Waals surface area contributed by atoms with Crippen LogP contribution in [-0.4, -0.2) is 11.7 Å². The number of rotatable bonds is 4. The largest absolute Gasteiger partial charge is 0.433 e. The topological polar surface area (TPSA) is 33.3 Å². The van der Waals surface area contributed by atoms with E-state index in [4.69, 9.17) is 35.4 Å². The lowest BCUT2D eigenvalue weighted by Crippen LogP contribution is -2.19. The zero-order chi connectivity index (χ0) is 17.0. The Kier molecular flexibility index (Phi) is 6.41. The average molecular weight is 442 g/mol. The number of halogens is 5. The van der Waals surface area contributed by atoms with Crippen molar-refractivity contribution in [1.29, 1.82) is 0 Å². The van der Waals surface area contributed by atoms with Crippen molar-refractivity contribution in [1.82, 2.24) is 0 Å². The summed E-state index contributed by atoms with van der Waals surface area (Å²) in [6.45, 7) is -2.94. The van der Waals surface area contributed by atoms with Gasteiger partial charge in [0.05, 0.1) is 15.7 Å². The second-order valence-electron chi connectivity index (χ2n) is 4.23. The molecule has 0 atom stereocenters. The van der Waals surface area contributed by atoms with E-state index >= 15 is 0 Å². The highest BCUT2D eigenvalue weighted by Gasteiger charge is 2.10. The molecule has 0 saturated heterocycles. The lowest BCUT2D eigenvalue weighted by atomic mass is 10.3. The molecule has 0 amide bonds. The molecular formula is C14H9BrCl2F2N2OS. The van der Waals surface area contributed by atoms with Gasteiger partial charge in [-0.15, -0.1) is 0 Å². The smallest absolute Gasteiger partial charge is 0.387 e. The number of alkyl halides is 2. The fourth-order valence-corrected chi connectivity index (χ4v) is 2.82. The lowest BCUT2D eigenvalue weighted by Gasteiger charge is -2.13. The van der Waals surface area contributed by atoms with Crippen LogP contribution in [0.25, 0.3) is 0 Å². The van der Waals surface area contributed by atoms with Crippen molar-refractivity contribution in [3.63, 3.8) is 0 Å².